The molecule has 0 radical (unpaired) electrons. The minimum atomic E-state index is -3.83. The second-order valence-electron chi connectivity index (χ2n) is 5.93. The Kier molecular flexibility index (Phi) is 4.88. The van der Waals surface area contributed by atoms with E-state index >= 15 is 0 Å². The normalized spacial score (nSPS) is 14.3. The third-order valence-electron chi connectivity index (χ3n) is 4.16. The molecule has 1 aromatic heterocycles. The lowest BCUT2D eigenvalue weighted by Gasteiger charge is -2.17. The summed E-state index contributed by atoms with van der Waals surface area (Å²) in [6, 6.07) is 10.2. The van der Waals surface area contributed by atoms with Crippen molar-refractivity contribution in [2.45, 2.75) is 24.3 Å². The number of hydrogen-bond donors (Lipinski definition) is 2. The van der Waals surface area contributed by atoms with E-state index in [0.717, 1.165) is 24.5 Å². The van der Waals surface area contributed by atoms with E-state index in [1.807, 2.05) is 18.2 Å². The zero-order valence-corrected chi connectivity index (χ0v) is 14.5. The van der Waals surface area contributed by atoms with Crippen LogP contribution in [-0.4, -0.2) is 26.5 Å². The minimum absolute atomic E-state index is 0.0742. The molecule has 1 fully saturated rings. The van der Waals surface area contributed by atoms with Gasteiger partial charge in [0.2, 0.25) is 10.0 Å². The summed E-state index contributed by atoms with van der Waals surface area (Å²) < 4.78 is 22.8. The van der Waals surface area contributed by atoms with Crippen LogP contribution in [0.15, 0.2) is 41.4 Å². The first-order chi connectivity index (χ1) is 12.0. The number of primary sulfonamides is 1. The summed E-state index contributed by atoms with van der Waals surface area (Å²) in [4.78, 5) is 6.59. The fourth-order valence-corrected chi connectivity index (χ4v) is 3.37. The predicted molar refractivity (Wildman–Crippen MR) is 95.5 cm³/mol. The van der Waals surface area contributed by atoms with Crippen LogP contribution in [0.4, 0.5) is 11.5 Å². The topological polar surface area (TPSA) is 112 Å². The molecular weight excluding hydrogens is 338 g/mol. The highest BCUT2D eigenvalue weighted by Gasteiger charge is 2.14. The molecule has 130 valence electrons. The van der Waals surface area contributed by atoms with Crippen molar-refractivity contribution in [2.24, 2.45) is 5.14 Å². The number of sulfonamides is 1. The Morgan fingerprint density at radius 3 is 2.68 bits per heavy atom. The molecular formula is C17H19N5O2S. The van der Waals surface area contributed by atoms with Crippen LogP contribution in [0, 0.1) is 11.3 Å². The zero-order chi connectivity index (χ0) is 17.9. The van der Waals surface area contributed by atoms with Crippen LogP contribution in [-0.2, 0) is 16.6 Å². The number of nitriles is 1. The fourth-order valence-electron chi connectivity index (χ4n) is 2.83. The molecule has 7 nitrogen and oxygen atoms in total. The Hall–Kier alpha value is -2.63. The van der Waals surface area contributed by atoms with E-state index in [1.165, 1.54) is 25.0 Å². The fraction of sp³-hybridized carbons (Fsp3) is 0.294. The summed E-state index contributed by atoms with van der Waals surface area (Å²) in [5.41, 5.74) is 1.84. The van der Waals surface area contributed by atoms with Crippen molar-refractivity contribution in [3.8, 4) is 6.07 Å². The van der Waals surface area contributed by atoms with Crippen molar-refractivity contribution >= 4 is 21.5 Å². The molecule has 8 heteroatoms. The maximum atomic E-state index is 11.4. The predicted octanol–water partition coefficient (Wildman–Crippen LogP) is 1.81. The van der Waals surface area contributed by atoms with Crippen LogP contribution >= 0.6 is 0 Å². The lowest BCUT2D eigenvalue weighted by Crippen LogP contribution is -2.19. The summed E-state index contributed by atoms with van der Waals surface area (Å²) in [7, 11) is -3.83. The number of benzene rings is 1. The van der Waals surface area contributed by atoms with Crippen molar-refractivity contribution in [3.63, 3.8) is 0 Å². The lowest BCUT2D eigenvalue weighted by molar-refractivity contribution is 0.598. The van der Waals surface area contributed by atoms with E-state index < -0.39 is 10.0 Å². The van der Waals surface area contributed by atoms with E-state index in [0.29, 0.717) is 12.2 Å². The average Bonchev–Trinajstić information content (AvgIpc) is 3.14. The van der Waals surface area contributed by atoms with Gasteiger partial charge in [0, 0.05) is 25.8 Å². The molecule has 0 saturated carbocycles. The van der Waals surface area contributed by atoms with E-state index in [-0.39, 0.29) is 10.5 Å². The van der Waals surface area contributed by atoms with Crippen molar-refractivity contribution < 1.29 is 8.42 Å². The zero-order valence-electron chi connectivity index (χ0n) is 13.6. The third-order valence-corrected chi connectivity index (χ3v) is 5.07. The summed E-state index contributed by atoms with van der Waals surface area (Å²) in [6.45, 7) is 2.56. The molecule has 0 atom stereocenters. The van der Waals surface area contributed by atoms with Crippen LogP contribution in [0.3, 0.4) is 0 Å². The number of nitrogens with one attached hydrogen (secondary N) is 1. The summed E-state index contributed by atoms with van der Waals surface area (Å²) in [5, 5.41) is 17.5. The first-order valence-corrected chi connectivity index (χ1v) is 9.53. The highest BCUT2D eigenvalue weighted by atomic mass is 32.2. The molecule has 0 bridgehead atoms. The van der Waals surface area contributed by atoms with Gasteiger partial charge in [-0.3, -0.25) is 0 Å². The van der Waals surface area contributed by atoms with Crippen LogP contribution < -0.4 is 15.4 Å². The maximum absolute atomic E-state index is 11.4. The molecule has 1 aromatic carbocycles. The van der Waals surface area contributed by atoms with Gasteiger partial charge in [-0.15, -0.1) is 0 Å². The molecule has 3 rings (SSSR count). The third kappa shape index (κ3) is 4.07. The van der Waals surface area contributed by atoms with Gasteiger partial charge in [0.05, 0.1) is 16.1 Å². The molecule has 1 saturated heterocycles. The molecule has 1 aliphatic heterocycles. The van der Waals surface area contributed by atoms with Gasteiger partial charge < -0.3 is 10.2 Å². The van der Waals surface area contributed by atoms with Gasteiger partial charge in [-0.1, -0.05) is 0 Å². The highest BCUT2D eigenvalue weighted by Crippen LogP contribution is 2.22. The van der Waals surface area contributed by atoms with Crippen LogP contribution in [0.2, 0.25) is 0 Å². The molecule has 2 aromatic rings. The number of nitrogens with two attached hydrogens (primary N) is 1. The van der Waals surface area contributed by atoms with Crippen molar-refractivity contribution in [1.29, 1.82) is 5.26 Å². The summed E-state index contributed by atoms with van der Waals surface area (Å²) in [5.74, 6) is 0.960. The van der Waals surface area contributed by atoms with Gasteiger partial charge in [0.25, 0.3) is 0 Å². The Balaban J connectivity index is 1.75. The molecule has 3 N–H and O–H groups in total. The van der Waals surface area contributed by atoms with Gasteiger partial charge in [-0.2, -0.15) is 5.26 Å². The van der Waals surface area contributed by atoms with E-state index in [9.17, 15) is 13.7 Å². The summed E-state index contributed by atoms with van der Waals surface area (Å²) >= 11 is 0. The quantitative estimate of drug-likeness (QED) is 0.844. The maximum Gasteiger partial charge on any atom is 0.238 e. The number of aromatic nitrogens is 1. The molecule has 0 amide bonds. The minimum Gasteiger partial charge on any atom is -0.380 e. The molecule has 2 heterocycles. The highest BCUT2D eigenvalue weighted by molar-refractivity contribution is 7.89. The first-order valence-electron chi connectivity index (χ1n) is 7.98. The Labute approximate surface area is 147 Å². The second kappa shape index (κ2) is 7.09. The molecule has 1 aliphatic rings. The Morgan fingerprint density at radius 2 is 2.00 bits per heavy atom. The molecule has 0 unspecified atom stereocenters. The summed E-state index contributed by atoms with van der Waals surface area (Å²) in [6.07, 6.45) is 4.15. The second-order valence-corrected chi connectivity index (χ2v) is 7.50. The van der Waals surface area contributed by atoms with Gasteiger partial charge in [-0.25, -0.2) is 18.5 Å². The Morgan fingerprint density at radius 1 is 1.24 bits per heavy atom. The number of hydrogen-bond acceptors (Lipinski definition) is 6. The molecule has 0 aliphatic carbocycles. The van der Waals surface area contributed by atoms with Gasteiger partial charge in [0.1, 0.15) is 11.9 Å². The lowest BCUT2D eigenvalue weighted by atomic mass is 10.2. The molecule has 25 heavy (non-hydrogen) atoms. The van der Waals surface area contributed by atoms with Gasteiger partial charge in [0.15, 0.2) is 0 Å². The van der Waals surface area contributed by atoms with Crippen LogP contribution in [0.5, 0.6) is 0 Å². The van der Waals surface area contributed by atoms with Gasteiger partial charge in [-0.05, 0) is 48.7 Å². The van der Waals surface area contributed by atoms with Crippen molar-refractivity contribution in [1.82, 2.24) is 4.98 Å². The van der Waals surface area contributed by atoms with E-state index in [4.69, 9.17) is 5.14 Å². The van der Waals surface area contributed by atoms with Gasteiger partial charge >= 0.3 is 0 Å². The number of rotatable bonds is 5. The monoisotopic (exact) mass is 357 g/mol. The number of anilines is 2. The van der Waals surface area contributed by atoms with Crippen LogP contribution in [0.1, 0.15) is 24.0 Å². The standard InChI is InChI=1S/C17H19N5O2S/c18-11-14-10-15(25(19,23)24)3-4-16(14)21-12-13-5-6-20-17(9-13)22-7-1-2-8-22/h3-6,9-10,21H,1-2,7-8,12H2,(H2,19,23,24). The average molecular weight is 357 g/mol. The SMILES string of the molecule is N#Cc1cc(S(N)(=O)=O)ccc1NCc1ccnc(N2CCCC2)c1. The van der Waals surface area contributed by atoms with E-state index in [1.54, 1.807) is 12.3 Å². The van der Waals surface area contributed by atoms with Crippen LogP contribution in [0.25, 0.3) is 0 Å². The smallest absolute Gasteiger partial charge is 0.238 e. The van der Waals surface area contributed by atoms with Crippen molar-refractivity contribution in [2.75, 3.05) is 23.3 Å². The Bertz CT molecular complexity index is 915. The van der Waals surface area contributed by atoms with Crippen molar-refractivity contribution in [3.05, 3.63) is 47.7 Å². The first kappa shape index (κ1) is 17.2. The number of pyridine rings is 1. The number of nitrogens with zero attached hydrogens (tertiary/aromatic N) is 3. The molecule has 0 spiro atoms. The van der Waals surface area contributed by atoms with E-state index in [2.05, 4.69) is 15.2 Å². The largest absolute Gasteiger partial charge is 0.380 e.